The van der Waals surface area contributed by atoms with Crippen molar-refractivity contribution < 1.29 is 58.8 Å². The molecule has 17 heteroatoms. The van der Waals surface area contributed by atoms with Gasteiger partial charge in [0.2, 0.25) is 23.6 Å². The molecule has 190 valence electrons. The minimum atomic E-state index is -1.92. The lowest BCUT2D eigenvalue weighted by Crippen LogP contribution is -2.58. The summed E-state index contributed by atoms with van der Waals surface area (Å²) < 4.78 is 0. The van der Waals surface area contributed by atoms with Crippen molar-refractivity contribution in [2.75, 3.05) is 0 Å². The Kier molecular flexibility index (Phi) is 12.2. The Labute approximate surface area is 190 Å². The van der Waals surface area contributed by atoms with Crippen LogP contribution in [0.1, 0.15) is 32.1 Å². The third-order valence-corrected chi connectivity index (χ3v) is 4.04. The van der Waals surface area contributed by atoms with E-state index in [-0.39, 0.29) is 0 Å². The van der Waals surface area contributed by atoms with Crippen LogP contribution in [0.5, 0.6) is 0 Å². The monoisotopic (exact) mass is 491 g/mol. The molecule has 0 saturated carbocycles. The van der Waals surface area contributed by atoms with Gasteiger partial charge < -0.3 is 47.8 Å². The molecule has 0 spiro atoms. The van der Waals surface area contributed by atoms with E-state index in [1.54, 1.807) is 0 Å². The van der Waals surface area contributed by atoms with E-state index < -0.39 is 104 Å². The molecule has 4 amide bonds. The van der Waals surface area contributed by atoms with Crippen LogP contribution in [0.3, 0.4) is 0 Å². The average molecular weight is 491 g/mol. The molecular weight excluding hydrogens is 466 g/mol. The number of nitrogens with two attached hydrogens (primary N) is 2. The van der Waals surface area contributed by atoms with Crippen molar-refractivity contribution >= 4 is 47.5 Å². The van der Waals surface area contributed by atoms with Gasteiger partial charge in [0.05, 0.1) is 25.3 Å². The van der Waals surface area contributed by atoms with Crippen molar-refractivity contribution in [3.63, 3.8) is 0 Å². The van der Waals surface area contributed by atoms with Gasteiger partial charge >= 0.3 is 23.9 Å². The number of carboxylic acids is 4. The summed E-state index contributed by atoms with van der Waals surface area (Å²) in [7, 11) is 0. The SMILES string of the molecule is NC(=O)CC(NC(=O)C(CCC(=O)O)NC(=O)C(N)CC(=O)O)C(=O)NC(CC(=O)O)C(=O)O. The van der Waals surface area contributed by atoms with Crippen LogP contribution >= 0.6 is 0 Å². The lowest BCUT2D eigenvalue weighted by Gasteiger charge is -2.24. The zero-order chi connectivity index (χ0) is 26.6. The summed E-state index contributed by atoms with van der Waals surface area (Å²) in [6.07, 6.45) is -3.90. The Hall–Kier alpha value is -4.28. The first kappa shape index (κ1) is 29.7. The second-order valence-corrected chi connectivity index (χ2v) is 6.93. The van der Waals surface area contributed by atoms with Gasteiger partial charge in [-0.3, -0.25) is 33.6 Å². The summed E-state index contributed by atoms with van der Waals surface area (Å²) in [5.41, 5.74) is 10.4. The number of hydrogen-bond donors (Lipinski definition) is 9. The second-order valence-electron chi connectivity index (χ2n) is 6.93. The predicted octanol–water partition coefficient (Wildman–Crippen LogP) is -4.46. The van der Waals surface area contributed by atoms with Gasteiger partial charge in [-0.15, -0.1) is 0 Å². The Morgan fingerprint density at radius 2 is 1.09 bits per heavy atom. The average Bonchev–Trinajstić information content (AvgIpc) is 2.68. The molecule has 0 aliphatic carbocycles. The molecule has 0 bridgehead atoms. The molecule has 0 aromatic carbocycles. The maximum absolute atomic E-state index is 12.6. The normalized spacial score (nSPS) is 13.9. The van der Waals surface area contributed by atoms with E-state index in [1.165, 1.54) is 0 Å². The number of aliphatic carboxylic acids is 4. The third-order valence-electron chi connectivity index (χ3n) is 4.04. The molecule has 0 rings (SSSR count). The lowest BCUT2D eigenvalue weighted by molar-refractivity contribution is -0.147. The Bertz CT molecular complexity index is 845. The van der Waals surface area contributed by atoms with Crippen molar-refractivity contribution in [2.45, 2.75) is 56.3 Å². The molecule has 0 aromatic rings. The van der Waals surface area contributed by atoms with Gasteiger partial charge in [-0.1, -0.05) is 0 Å². The van der Waals surface area contributed by atoms with E-state index in [1.807, 2.05) is 16.0 Å². The summed E-state index contributed by atoms with van der Waals surface area (Å²) in [4.78, 5) is 91.8. The Morgan fingerprint density at radius 3 is 1.53 bits per heavy atom. The van der Waals surface area contributed by atoms with Crippen LogP contribution in [-0.2, 0) is 38.4 Å². The van der Waals surface area contributed by atoms with E-state index in [4.69, 9.17) is 31.9 Å². The minimum absolute atomic E-state index is 0.533. The molecule has 0 radical (unpaired) electrons. The van der Waals surface area contributed by atoms with E-state index in [9.17, 15) is 38.4 Å². The maximum atomic E-state index is 12.6. The van der Waals surface area contributed by atoms with E-state index in [0.717, 1.165) is 0 Å². The largest absolute Gasteiger partial charge is 0.481 e. The molecule has 11 N–H and O–H groups in total. The number of rotatable bonds is 16. The fourth-order valence-corrected chi connectivity index (χ4v) is 2.43. The highest BCUT2D eigenvalue weighted by Crippen LogP contribution is 2.04. The number of hydrogen-bond acceptors (Lipinski definition) is 9. The highest BCUT2D eigenvalue weighted by molar-refractivity contribution is 5.97. The van der Waals surface area contributed by atoms with Crippen molar-refractivity contribution in [1.29, 1.82) is 0 Å². The molecule has 34 heavy (non-hydrogen) atoms. The first-order valence-electron chi connectivity index (χ1n) is 9.47. The molecular formula is C17H25N5O12. The van der Waals surface area contributed by atoms with Gasteiger partial charge in [0.1, 0.15) is 18.1 Å². The van der Waals surface area contributed by atoms with E-state index in [0.29, 0.717) is 0 Å². The van der Waals surface area contributed by atoms with Crippen LogP contribution in [-0.4, -0.2) is 92.1 Å². The molecule has 0 aliphatic heterocycles. The van der Waals surface area contributed by atoms with Gasteiger partial charge in [0.25, 0.3) is 0 Å². The molecule has 0 saturated heterocycles. The maximum Gasteiger partial charge on any atom is 0.326 e. The molecule has 4 unspecified atom stereocenters. The van der Waals surface area contributed by atoms with Crippen molar-refractivity contribution in [3.8, 4) is 0 Å². The van der Waals surface area contributed by atoms with Crippen LogP contribution < -0.4 is 27.4 Å². The van der Waals surface area contributed by atoms with Gasteiger partial charge in [-0.2, -0.15) is 0 Å². The fourth-order valence-electron chi connectivity index (χ4n) is 2.43. The smallest absolute Gasteiger partial charge is 0.326 e. The Balaban J connectivity index is 5.62. The summed E-state index contributed by atoms with van der Waals surface area (Å²) in [5.74, 6) is -10.9. The van der Waals surface area contributed by atoms with Crippen LogP contribution in [0, 0.1) is 0 Å². The van der Waals surface area contributed by atoms with Crippen LogP contribution in [0.15, 0.2) is 0 Å². The molecule has 0 aliphatic rings. The molecule has 0 aromatic heterocycles. The number of carbonyl (C=O) groups excluding carboxylic acids is 4. The number of amides is 4. The van der Waals surface area contributed by atoms with Gasteiger partial charge in [0, 0.05) is 6.42 Å². The predicted molar refractivity (Wildman–Crippen MR) is 107 cm³/mol. The van der Waals surface area contributed by atoms with Crippen LogP contribution in [0.4, 0.5) is 0 Å². The zero-order valence-electron chi connectivity index (χ0n) is 17.6. The quantitative estimate of drug-likeness (QED) is 0.0984. The van der Waals surface area contributed by atoms with E-state index in [2.05, 4.69) is 0 Å². The summed E-state index contributed by atoms with van der Waals surface area (Å²) in [6, 6.07) is -7.00. The first-order chi connectivity index (χ1) is 15.6. The van der Waals surface area contributed by atoms with Crippen molar-refractivity contribution in [2.24, 2.45) is 11.5 Å². The third kappa shape index (κ3) is 11.9. The molecule has 0 heterocycles. The highest BCUT2D eigenvalue weighted by Gasteiger charge is 2.32. The molecule has 0 fully saturated rings. The van der Waals surface area contributed by atoms with Crippen LogP contribution in [0.2, 0.25) is 0 Å². The molecule has 4 atom stereocenters. The van der Waals surface area contributed by atoms with Gasteiger partial charge in [-0.05, 0) is 6.42 Å². The van der Waals surface area contributed by atoms with Crippen molar-refractivity contribution in [1.82, 2.24) is 16.0 Å². The summed E-state index contributed by atoms with van der Waals surface area (Å²) in [5, 5.41) is 41.2. The van der Waals surface area contributed by atoms with Gasteiger partial charge in [0.15, 0.2) is 0 Å². The number of nitrogens with one attached hydrogen (secondary N) is 3. The lowest BCUT2D eigenvalue weighted by atomic mass is 10.1. The van der Waals surface area contributed by atoms with Crippen LogP contribution in [0.25, 0.3) is 0 Å². The summed E-state index contributed by atoms with van der Waals surface area (Å²) >= 11 is 0. The van der Waals surface area contributed by atoms with E-state index >= 15 is 0 Å². The first-order valence-corrected chi connectivity index (χ1v) is 9.47. The number of carbonyl (C=O) groups is 8. The topological polar surface area (TPSA) is 306 Å². The highest BCUT2D eigenvalue weighted by atomic mass is 16.4. The fraction of sp³-hybridized carbons (Fsp3) is 0.529. The number of carboxylic acid groups (broad SMARTS) is 4. The Morgan fingerprint density at radius 1 is 0.618 bits per heavy atom. The zero-order valence-corrected chi connectivity index (χ0v) is 17.6. The summed E-state index contributed by atoms with van der Waals surface area (Å²) in [6.45, 7) is 0. The molecule has 17 nitrogen and oxygen atoms in total. The standard InChI is InChI=1S/C17H25N5O12/c18-6(3-12(26)27)14(30)20-7(1-2-11(24)25)15(31)21-8(4-10(19)23)16(32)22-9(17(33)34)5-13(28)29/h6-9H,1-5,18H2,(H2,19,23)(H,20,30)(H,21,31)(H,22,32)(H,24,25)(H,26,27)(H,28,29)(H,33,34). The second kappa shape index (κ2) is 14.0. The number of primary amides is 1. The minimum Gasteiger partial charge on any atom is -0.481 e. The van der Waals surface area contributed by atoms with Gasteiger partial charge in [-0.25, -0.2) is 4.79 Å². The van der Waals surface area contributed by atoms with Crippen molar-refractivity contribution in [3.05, 3.63) is 0 Å².